The molecule has 0 saturated carbocycles. The molecule has 0 N–H and O–H groups in total. The fourth-order valence-corrected chi connectivity index (χ4v) is 5.47. The average molecular weight is 465 g/mol. The molecular formula is C32H24N4. The Morgan fingerprint density at radius 2 is 0.778 bits per heavy atom. The Morgan fingerprint density at radius 3 is 1.06 bits per heavy atom. The lowest BCUT2D eigenvalue weighted by atomic mass is 9.86. The van der Waals surface area contributed by atoms with Crippen molar-refractivity contribution in [1.82, 2.24) is 0 Å². The van der Waals surface area contributed by atoms with Crippen LogP contribution in [0.1, 0.15) is 52.7 Å². The molecule has 0 amide bonds. The SMILES string of the molecule is CC(C)(C)c1cc2cc3c(cc2c1=C(C#N)C#N)c1cc2cc(C(C)(C)C)c(=C(C#N)C#N)c2cc31. The number of nitriles is 4. The Balaban J connectivity index is 1.95. The van der Waals surface area contributed by atoms with E-state index in [1.165, 1.54) is 0 Å². The van der Waals surface area contributed by atoms with Gasteiger partial charge in [0, 0.05) is 10.4 Å². The van der Waals surface area contributed by atoms with Gasteiger partial charge in [-0.1, -0.05) is 41.5 Å². The van der Waals surface area contributed by atoms with Crippen molar-refractivity contribution in [2.24, 2.45) is 0 Å². The van der Waals surface area contributed by atoms with Gasteiger partial charge in [-0.15, -0.1) is 0 Å². The predicted octanol–water partition coefficient (Wildman–Crippen LogP) is 6.17. The third kappa shape index (κ3) is 3.09. The van der Waals surface area contributed by atoms with Gasteiger partial charge in [0.15, 0.2) is 0 Å². The summed E-state index contributed by atoms with van der Waals surface area (Å²) >= 11 is 0. The van der Waals surface area contributed by atoms with Crippen molar-refractivity contribution in [3.05, 3.63) is 58.0 Å². The minimum absolute atomic E-state index is 0.136. The van der Waals surface area contributed by atoms with E-state index in [0.29, 0.717) is 0 Å². The van der Waals surface area contributed by atoms with E-state index in [-0.39, 0.29) is 22.0 Å². The van der Waals surface area contributed by atoms with Gasteiger partial charge < -0.3 is 0 Å². The van der Waals surface area contributed by atoms with E-state index in [1.54, 1.807) is 0 Å². The van der Waals surface area contributed by atoms with Crippen LogP contribution in [0.15, 0.2) is 36.4 Å². The first-order valence-corrected chi connectivity index (χ1v) is 11.9. The first-order chi connectivity index (χ1) is 16.9. The van der Waals surface area contributed by atoms with Crippen molar-refractivity contribution >= 4 is 54.2 Å². The van der Waals surface area contributed by atoms with Gasteiger partial charge in [-0.3, -0.25) is 0 Å². The van der Waals surface area contributed by atoms with E-state index in [2.05, 4.69) is 102 Å². The van der Waals surface area contributed by atoms with Crippen LogP contribution in [0, 0.1) is 45.3 Å². The molecule has 0 fully saturated rings. The summed E-state index contributed by atoms with van der Waals surface area (Å²) in [4.78, 5) is 0. The van der Waals surface area contributed by atoms with E-state index >= 15 is 0 Å². The van der Waals surface area contributed by atoms with E-state index < -0.39 is 0 Å². The monoisotopic (exact) mass is 464 g/mol. The normalized spacial score (nSPS) is 12.1. The van der Waals surface area contributed by atoms with Crippen molar-refractivity contribution in [1.29, 1.82) is 21.0 Å². The summed E-state index contributed by atoms with van der Waals surface area (Å²) in [6.45, 7) is 12.5. The maximum absolute atomic E-state index is 9.68. The van der Waals surface area contributed by atoms with E-state index in [1.807, 2.05) is 0 Å². The largest absolute Gasteiger partial charge is 0.192 e. The summed E-state index contributed by atoms with van der Waals surface area (Å²) in [7, 11) is 0. The Labute approximate surface area is 209 Å². The molecule has 0 spiro atoms. The fourth-order valence-electron chi connectivity index (χ4n) is 5.47. The molecule has 4 nitrogen and oxygen atoms in total. The standard InChI is InChI=1S/C32H24N4/c1-31(2,3)27-9-17-7-23-25(11-21(17)29(27)19(13-33)14-34)24-8-18-10-28(32(4,5)6)30(20(15-35)16-36)22(18)12-26(23)24/h7-12H,1-6H3. The van der Waals surface area contributed by atoms with Gasteiger partial charge in [-0.25, -0.2) is 0 Å². The van der Waals surface area contributed by atoms with Crippen LogP contribution in [0.25, 0.3) is 54.2 Å². The summed E-state index contributed by atoms with van der Waals surface area (Å²) < 4.78 is 0. The summed E-state index contributed by atoms with van der Waals surface area (Å²) in [6, 6.07) is 21.1. The van der Waals surface area contributed by atoms with E-state index in [0.717, 1.165) is 64.7 Å². The zero-order chi connectivity index (χ0) is 26.2. The van der Waals surface area contributed by atoms with Crippen LogP contribution >= 0.6 is 0 Å². The minimum Gasteiger partial charge on any atom is -0.192 e. The van der Waals surface area contributed by atoms with Crippen molar-refractivity contribution in [2.45, 2.75) is 52.4 Å². The number of benzene rings is 2. The number of fused-ring (bicyclic) bond motifs is 6. The van der Waals surface area contributed by atoms with Gasteiger partial charge in [0.05, 0.1) is 0 Å². The van der Waals surface area contributed by atoms with Gasteiger partial charge in [-0.2, -0.15) is 21.0 Å². The summed E-state index contributed by atoms with van der Waals surface area (Å²) in [5.41, 5.74) is 1.79. The number of rotatable bonds is 0. The molecule has 5 aromatic rings. The number of hydrogen-bond acceptors (Lipinski definition) is 4. The smallest absolute Gasteiger partial charge is 0.137 e. The third-order valence-electron chi connectivity index (χ3n) is 7.20. The van der Waals surface area contributed by atoms with Crippen LogP contribution in [-0.4, -0.2) is 0 Å². The molecule has 5 rings (SSSR count). The fraction of sp³-hybridized carbons (Fsp3) is 0.250. The summed E-state index contributed by atoms with van der Waals surface area (Å²) in [6.07, 6.45) is 0. The first kappa shape index (κ1) is 23.1. The lowest BCUT2D eigenvalue weighted by Crippen LogP contribution is -2.21. The number of hydrogen-bond donors (Lipinski definition) is 0. The van der Waals surface area contributed by atoms with Gasteiger partial charge in [0.25, 0.3) is 0 Å². The van der Waals surface area contributed by atoms with Crippen molar-refractivity contribution in [2.75, 3.05) is 0 Å². The second-order valence-corrected chi connectivity index (χ2v) is 11.5. The Kier molecular flexibility index (Phi) is 4.77. The molecule has 0 aromatic heterocycles. The highest BCUT2D eigenvalue weighted by Gasteiger charge is 2.24. The lowest BCUT2D eigenvalue weighted by molar-refractivity contribution is 0.588. The Morgan fingerprint density at radius 1 is 0.472 bits per heavy atom. The highest BCUT2D eigenvalue weighted by Crippen LogP contribution is 2.41. The summed E-state index contributed by atoms with van der Waals surface area (Å²) in [5, 5.41) is 48.4. The van der Waals surface area contributed by atoms with Crippen LogP contribution in [0.3, 0.4) is 0 Å². The first-order valence-electron chi connectivity index (χ1n) is 11.9. The number of nitrogens with zero attached hydrogens (tertiary/aromatic N) is 4. The summed E-state index contributed by atoms with van der Waals surface area (Å²) in [5.74, 6) is 0. The molecule has 36 heavy (non-hydrogen) atoms. The average Bonchev–Trinajstić information content (AvgIpc) is 3.37. The van der Waals surface area contributed by atoms with Crippen LogP contribution in [0.2, 0.25) is 0 Å². The Hall–Kier alpha value is -4.64. The molecular weight excluding hydrogens is 440 g/mol. The van der Waals surface area contributed by atoms with Gasteiger partial charge in [0.1, 0.15) is 35.4 Å². The van der Waals surface area contributed by atoms with Crippen LogP contribution in [0.4, 0.5) is 0 Å². The van der Waals surface area contributed by atoms with Crippen LogP contribution in [0.5, 0.6) is 0 Å². The van der Waals surface area contributed by atoms with Crippen molar-refractivity contribution in [3.8, 4) is 24.3 Å². The molecule has 0 aliphatic heterocycles. The maximum Gasteiger partial charge on any atom is 0.137 e. The highest BCUT2D eigenvalue weighted by atomic mass is 14.3. The zero-order valence-electron chi connectivity index (χ0n) is 21.3. The molecule has 0 heterocycles. The van der Waals surface area contributed by atoms with Crippen LogP contribution in [-0.2, 0) is 10.8 Å². The Bertz CT molecular complexity index is 1830. The van der Waals surface area contributed by atoms with E-state index in [9.17, 15) is 21.0 Å². The molecule has 0 aliphatic rings. The van der Waals surface area contributed by atoms with E-state index in [4.69, 9.17) is 0 Å². The second kappa shape index (κ2) is 7.43. The van der Waals surface area contributed by atoms with Crippen molar-refractivity contribution in [3.63, 3.8) is 0 Å². The van der Waals surface area contributed by atoms with Gasteiger partial charge >= 0.3 is 0 Å². The molecule has 0 bridgehead atoms. The quantitative estimate of drug-likeness (QED) is 0.274. The molecule has 0 atom stereocenters. The highest BCUT2D eigenvalue weighted by molar-refractivity contribution is 6.30. The topological polar surface area (TPSA) is 95.2 Å². The molecule has 4 heteroatoms. The predicted molar refractivity (Wildman–Crippen MR) is 145 cm³/mol. The van der Waals surface area contributed by atoms with Crippen LogP contribution < -0.4 is 10.4 Å². The molecule has 0 saturated heterocycles. The van der Waals surface area contributed by atoms with Crippen molar-refractivity contribution < 1.29 is 0 Å². The van der Waals surface area contributed by atoms with Gasteiger partial charge in [-0.05, 0) is 101 Å². The zero-order valence-corrected chi connectivity index (χ0v) is 21.3. The molecule has 0 unspecified atom stereocenters. The molecule has 5 aromatic carbocycles. The minimum atomic E-state index is -0.228. The second-order valence-electron chi connectivity index (χ2n) is 11.5. The maximum atomic E-state index is 9.68. The third-order valence-corrected chi connectivity index (χ3v) is 7.20. The lowest BCUT2D eigenvalue weighted by Gasteiger charge is -2.17. The molecule has 0 aliphatic carbocycles. The van der Waals surface area contributed by atoms with Gasteiger partial charge in [0.2, 0.25) is 0 Å². The molecule has 172 valence electrons. The molecule has 0 radical (unpaired) electrons.